The van der Waals surface area contributed by atoms with Crippen molar-refractivity contribution in [2.75, 3.05) is 16.2 Å². The summed E-state index contributed by atoms with van der Waals surface area (Å²) in [6, 6.07) is 12.7. The van der Waals surface area contributed by atoms with Gasteiger partial charge in [-0.15, -0.1) is 0 Å². The van der Waals surface area contributed by atoms with E-state index >= 15 is 0 Å². The Morgan fingerprint density at radius 1 is 1.07 bits per heavy atom. The fourth-order valence-electron chi connectivity index (χ4n) is 5.05. The van der Waals surface area contributed by atoms with Gasteiger partial charge in [0.2, 0.25) is 0 Å². The maximum absolute atomic E-state index is 14.2. The summed E-state index contributed by atoms with van der Waals surface area (Å²) in [5.41, 5.74) is 1.33. The number of hydrogen-bond donors (Lipinski definition) is 2. The van der Waals surface area contributed by atoms with Crippen LogP contribution >= 0.6 is 23.2 Å². The van der Waals surface area contributed by atoms with Gasteiger partial charge in [0, 0.05) is 6.42 Å². The van der Waals surface area contributed by atoms with Gasteiger partial charge in [0.1, 0.15) is 5.60 Å². The highest BCUT2D eigenvalue weighted by molar-refractivity contribution is 7.92. The Bertz CT molecular complexity index is 1640. The van der Waals surface area contributed by atoms with Crippen LogP contribution < -0.4 is 14.9 Å². The Balaban J connectivity index is 1.50. The number of nitrogens with zero attached hydrogens (tertiary/aromatic N) is 2. The van der Waals surface area contributed by atoms with Crippen LogP contribution in [0.4, 0.5) is 16.2 Å². The van der Waals surface area contributed by atoms with Crippen LogP contribution in [-0.4, -0.2) is 43.6 Å². The van der Waals surface area contributed by atoms with Gasteiger partial charge in [0.05, 0.1) is 56.4 Å². The minimum absolute atomic E-state index is 0.0615. The van der Waals surface area contributed by atoms with E-state index in [1.54, 1.807) is 63.2 Å². The molecule has 3 aromatic rings. The molecule has 5 rings (SSSR count). The van der Waals surface area contributed by atoms with Crippen LogP contribution in [0.25, 0.3) is 0 Å². The first kappa shape index (κ1) is 30.1. The van der Waals surface area contributed by atoms with Crippen molar-refractivity contribution in [3.05, 3.63) is 81.6 Å². The van der Waals surface area contributed by atoms with Gasteiger partial charge in [0.25, 0.3) is 15.9 Å². The van der Waals surface area contributed by atoms with Gasteiger partial charge in [-0.05, 0) is 74.9 Å². The average molecular weight is 632 g/mol. The first-order valence-corrected chi connectivity index (χ1v) is 15.8. The molecule has 1 aliphatic carbocycles. The van der Waals surface area contributed by atoms with Crippen molar-refractivity contribution < 1.29 is 22.7 Å². The minimum atomic E-state index is -4.09. The smallest absolute Gasteiger partial charge is 0.407 e. The number of ether oxygens (including phenoxy) is 1. The second-order valence-electron chi connectivity index (χ2n) is 11.7. The van der Waals surface area contributed by atoms with E-state index in [4.69, 9.17) is 27.9 Å². The summed E-state index contributed by atoms with van der Waals surface area (Å²) in [6.45, 7) is 7.33. The molecule has 42 heavy (non-hydrogen) atoms. The monoisotopic (exact) mass is 630 g/mol. The topological polar surface area (TPSA) is 118 Å². The molecular weight excluding hydrogens is 599 g/mol. The molecule has 2 unspecified atom stereocenters. The second-order valence-corrected chi connectivity index (χ2v) is 14.4. The summed E-state index contributed by atoms with van der Waals surface area (Å²) >= 11 is 12.4. The standard InChI is InChI=1S/C30H32Cl2N4O5S/c1-17-11-22(17)18-7-5-8-21(12-18)42(39,40)36-16-20(35-29(38)41-30(2,3)4)13-25-26(36)14-19(15-33-25)34-28(37)27-23(31)9-6-10-24(27)32/h5-10,12,14-15,17,20,22H,11,13,16H2,1-4H3,(H,34,37)(H,35,38)/t17-,20?,22?/m0/s1. The van der Waals surface area contributed by atoms with Gasteiger partial charge in [-0.2, -0.15) is 0 Å². The Hall–Kier alpha value is -3.34. The number of benzene rings is 2. The SMILES string of the molecule is C[C@H]1CC1c1cccc(S(=O)(=O)N2CC(NC(=O)OC(C)(C)C)Cc3ncc(NC(=O)c4c(Cl)cccc4Cl)cc32)c1. The number of nitrogens with one attached hydrogen (secondary N) is 2. The van der Waals surface area contributed by atoms with Gasteiger partial charge < -0.3 is 15.4 Å². The molecular formula is C30H32Cl2N4O5S. The summed E-state index contributed by atoms with van der Waals surface area (Å²) in [5, 5.41) is 5.87. The van der Waals surface area contributed by atoms with Crippen LogP contribution in [0, 0.1) is 5.92 Å². The lowest BCUT2D eigenvalue weighted by atomic mass is 10.0. The first-order chi connectivity index (χ1) is 19.7. The van der Waals surface area contributed by atoms with Crippen molar-refractivity contribution in [1.29, 1.82) is 0 Å². The number of fused-ring (bicyclic) bond motifs is 1. The normalized spacial score (nSPS) is 20.0. The van der Waals surface area contributed by atoms with Crippen LogP contribution in [0.5, 0.6) is 0 Å². The Kier molecular flexibility index (Phi) is 8.17. The third-order valence-corrected chi connectivity index (χ3v) is 9.60. The Morgan fingerprint density at radius 2 is 1.74 bits per heavy atom. The molecule has 222 valence electrons. The van der Waals surface area contributed by atoms with Crippen molar-refractivity contribution in [1.82, 2.24) is 10.3 Å². The van der Waals surface area contributed by atoms with Crippen LogP contribution in [-0.2, 0) is 21.2 Å². The van der Waals surface area contributed by atoms with Gasteiger partial charge in [0.15, 0.2) is 0 Å². The van der Waals surface area contributed by atoms with Crippen molar-refractivity contribution in [3.63, 3.8) is 0 Å². The molecule has 2 amide bonds. The molecule has 1 aliphatic heterocycles. The van der Waals surface area contributed by atoms with Crippen LogP contribution in [0.15, 0.2) is 59.6 Å². The molecule has 3 atom stereocenters. The van der Waals surface area contributed by atoms with Crippen LogP contribution in [0.2, 0.25) is 10.0 Å². The Morgan fingerprint density at radius 3 is 2.38 bits per heavy atom. The van der Waals surface area contributed by atoms with E-state index in [0.717, 1.165) is 12.0 Å². The van der Waals surface area contributed by atoms with Gasteiger partial charge in [-0.1, -0.05) is 48.3 Å². The van der Waals surface area contributed by atoms with Crippen LogP contribution in [0.1, 0.15) is 61.6 Å². The van der Waals surface area contributed by atoms with E-state index in [1.165, 1.54) is 10.5 Å². The van der Waals surface area contributed by atoms with E-state index in [1.807, 2.05) is 6.07 Å². The van der Waals surface area contributed by atoms with Crippen molar-refractivity contribution >= 4 is 56.6 Å². The fourth-order valence-corrected chi connectivity index (χ4v) is 7.20. The molecule has 1 aromatic heterocycles. The molecule has 12 heteroatoms. The molecule has 0 radical (unpaired) electrons. The second kappa shape index (κ2) is 11.4. The van der Waals surface area contributed by atoms with Gasteiger partial charge in [-0.25, -0.2) is 13.2 Å². The van der Waals surface area contributed by atoms with Crippen molar-refractivity contribution in [3.8, 4) is 0 Å². The predicted molar refractivity (Wildman–Crippen MR) is 163 cm³/mol. The summed E-state index contributed by atoms with van der Waals surface area (Å²) in [6.07, 6.45) is 2.04. The molecule has 2 aliphatic rings. The number of rotatable bonds is 6. The maximum Gasteiger partial charge on any atom is 0.407 e. The molecule has 1 fully saturated rings. The highest BCUT2D eigenvalue weighted by Gasteiger charge is 2.38. The molecule has 0 bridgehead atoms. The molecule has 1 saturated carbocycles. The largest absolute Gasteiger partial charge is 0.444 e. The number of pyridine rings is 1. The molecule has 2 heterocycles. The number of halogens is 2. The van der Waals surface area contributed by atoms with Gasteiger partial charge >= 0.3 is 6.09 Å². The number of alkyl carbamates (subject to hydrolysis) is 1. The zero-order chi connectivity index (χ0) is 30.4. The molecule has 0 spiro atoms. The summed E-state index contributed by atoms with van der Waals surface area (Å²) in [7, 11) is -4.09. The number of anilines is 2. The van der Waals surface area contributed by atoms with Crippen molar-refractivity contribution in [2.24, 2.45) is 5.92 Å². The van der Waals surface area contributed by atoms with E-state index in [0.29, 0.717) is 23.2 Å². The molecule has 2 N–H and O–H groups in total. The van der Waals surface area contributed by atoms with E-state index in [9.17, 15) is 18.0 Å². The van der Waals surface area contributed by atoms with Crippen molar-refractivity contribution in [2.45, 2.75) is 63.0 Å². The van der Waals surface area contributed by atoms with Gasteiger partial charge in [-0.3, -0.25) is 14.1 Å². The number of aromatic nitrogens is 1. The number of hydrogen-bond acceptors (Lipinski definition) is 6. The average Bonchev–Trinajstić information content (AvgIpc) is 3.63. The number of amides is 2. The first-order valence-electron chi connectivity index (χ1n) is 13.6. The fraction of sp³-hybridized carbons (Fsp3) is 0.367. The maximum atomic E-state index is 14.2. The molecule has 0 saturated heterocycles. The van der Waals surface area contributed by atoms with E-state index in [2.05, 4.69) is 22.5 Å². The predicted octanol–water partition coefficient (Wildman–Crippen LogP) is 6.41. The number of carbonyl (C=O) groups is 2. The summed E-state index contributed by atoms with van der Waals surface area (Å²) < 4.78 is 35.0. The Labute approximate surface area is 255 Å². The lowest BCUT2D eigenvalue weighted by Gasteiger charge is -2.35. The number of sulfonamides is 1. The minimum Gasteiger partial charge on any atom is -0.444 e. The quantitative estimate of drug-likeness (QED) is 0.325. The zero-order valence-electron chi connectivity index (χ0n) is 23.6. The highest BCUT2D eigenvalue weighted by Crippen LogP contribution is 2.47. The number of carbonyl (C=O) groups excluding carboxylic acids is 2. The van der Waals surface area contributed by atoms with Crippen LogP contribution in [0.3, 0.4) is 0 Å². The van der Waals surface area contributed by atoms with E-state index < -0.39 is 33.7 Å². The summed E-state index contributed by atoms with van der Waals surface area (Å²) in [5.74, 6) is 0.270. The third kappa shape index (κ3) is 6.50. The lowest BCUT2D eigenvalue weighted by molar-refractivity contribution is 0.0505. The zero-order valence-corrected chi connectivity index (χ0v) is 26.0. The van der Waals surface area contributed by atoms with E-state index in [-0.39, 0.29) is 39.2 Å². The summed E-state index contributed by atoms with van der Waals surface area (Å²) in [4.78, 5) is 30.3. The highest BCUT2D eigenvalue weighted by atomic mass is 35.5. The molecule has 9 nitrogen and oxygen atoms in total. The molecule has 2 aromatic carbocycles. The lowest BCUT2D eigenvalue weighted by Crippen LogP contribution is -2.51. The third-order valence-electron chi connectivity index (χ3n) is 7.19.